The Balaban J connectivity index is 2.12. The quantitative estimate of drug-likeness (QED) is 0.791. The van der Waals surface area contributed by atoms with Crippen LogP contribution in [0.3, 0.4) is 0 Å². The van der Waals surface area contributed by atoms with Gasteiger partial charge >= 0.3 is 0 Å². The normalized spacial score (nSPS) is 40.8. The fourth-order valence-electron chi connectivity index (χ4n) is 4.70. The van der Waals surface area contributed by atoms with Crippen molar-refractivity contribution in [3.8, 4) is 0 Å². The number of hydrogen-bond acceptors (Lipinski definition) is 2. The summed E-state index contributed by atoms with van der Waals surface area (Å²) in [5, 5.41) is 0. The molecule has 118 valence electrons. The lowest BCUT2D eigenvalue weighted by Crippen LogP contribution is -2.60. The summed E-state index contributed by atoms with van der Waals surface area (Å²) in [5.74, 6) is 2.58. The van der Waals surface area contributed by atoms with Crippen LogP contribution in [0.25, 0.3) is 0 Å². The Labute approximate surface area is 126 Å². The highest BCUT2D eigenvalue weighted by Crippen LogP contribution is 2.40. The minimum atomic E-state index is 0.303. The van der Waals surface area contributed by atoms with E-state index in [1.165, 1.54) is 51.5 Å². The molecule has 0 amide bonds. The second kappa shape index (κ2) is 6.79. The van der Waals surface area contributed by atoms with E-state index in [1.54, 1.807) is 0 Å². The number of hydrogen-bond donors (Lipinski definition) is 1. The minimum absolute atomic E-state index is 0.303. The summed E-state index contributed by atoms with van der Waals surface area (Å²) < 4.78 is 0. The van der Waals surface area contributed by atoms with Crippen molar-refractivity contribution in [3.63, 3.8) is 0 Å². The first kappa shape index (κ1) is 16.3. The SMILES string of the molecule is CC(C)C1CCCC(CN)(N2CCCC(C)C2C)CC1. The Morgan fingerprint density at radius 1 is 1.10 bits per heavy atom. The summed E-state index contributed by atoms with van der Waals surface area (Å²) in [6.45, 7) is 11.8. The second-order valence-electron chi connectivity index (χ2n) is 7.92. The van der Waals surface area contributed by atoms with Crippen LogP contribution >= 0.6 is 0 Å². The molecular formula is C18H36N2. The molecule has 2 heteroatoms. The van der Waals surface area contributed by atoms with Gasteiger partial charge in [-0.2, -0.15) is 0 Å². The minimum Gasteiger partial charge on any atom is -0.329 e. The van der Waals surface area contributed by atoms with E-state index in [0.717, 1.165) is 24.3 Å². The van der Waals surface area contributed by atoms with Crippen LogP contribution in [0.15, 0.2) is 0 Å². The van der Waals surface area contributed by atoms with Crippen LogP contribution in [-0.2, 0) is 0 Å². The van der Waals surface area contributed by atoms with Crippen LogP contribution < -0.4 is 5.73 Å². The summed E-state index contributed by atoms with van der Waals surface area (Å²) in [4.78, 5) is 2.81. The third-order valence-corrected chi connectivity index (χ3v) is 6.50. The van der Waals surface area contributed by atoms with Gasteiger partial charge in [-0.25, -0.2) is 0 Å². The van der Waals surface area contributed by atoms with Gasteiger partial charge in [0.25, 0.3) is 0 Å². The molecule has 20 heavy (non-hydrogen) atoms. The monoisotopic (exact) mass is 280 g/mol. The molecule has 2 fully saturated rings. The van der Waals surface area contributed by atoms with E-state index in [2.05, 4.69) is 32.6 Å². The summed E-state index contributed by atoms with van der Waals surface area (Å²) in [5.41, 5.74) is 6.63. The average molecular weight is 281 g/mol. The number of nitrogens with zero attached hydrogens (tertiary/aromatic N) is 1. The van der Waals surface area contributed by atoms with E-state index in [4.69, 9.17) is 5.73 Å². The Morgan fingerprint density at radius 3 is 2.50 bits per heavy atom. The van der Waals surface area contributed by atoms with Gasteiger partial charge in [-0.05, 0) is 63.3 Å². The van der Waals surface area contributed by atoms with Crippen molar-refractivity contribution in [1.82, 2.24) is 4.90 Å². The van der Waals surface area contributed by atoms with Crippen molar-refractivity contribution in [2.45, 2.75) is 84.2 Å². The van der Waals surface area contributed by atoms with E-state index in [-0.39, 0.29) is 0 Å². The van der Waals surface area contributed by atoms with Crippen LogP contribution in [0.1, 0.15) is 72.6 Å². The van der Waals surface area contributed by atoms with Gasteiger partial charge in [0.1, 0.15) is 0 Å². The molecule has 0 spiro atoms. The molecule has 0 aromatic rings. The maximum absolute atomic E-state index is 6.33. The van der Waals surface area contributed by atoms with Gasteiger partial charge in [-0.1, -0.05) is 33.6 Å². The lowest BCUT2D eigenvalue weighted by atomic mass is 9.81. The molecule has 0 aromatic carbocycles. The standard InChI is InChI=1S/C18H36N2/c1-14(2)17-8-5-10-18(13-19,11-9-17)20-12-6-7-15(3)16(20)4/h14-17H,5-13,19H2,1-4H3. The molecule has 1 aliphatic heterocycles. The van der Waals surface area contributed by atoms with Gasteiger partial charge in [0, 0.05) is 18.1 Å². The highest BCUT2D eigenvalue weighted by atomic mass is 15.2. The van der Waals surface area contributed by atoms with Crippen LogP contribution in [0.4, 0.5) is 0 Å². The molecule has 4 unspecified atom stereocenters. The molecule has 1 aliphatic carbocycles. The van der Waals surface area contributed by atoms with Crippen molar-refractivity contribution in [1.29, 1.82) is 0 Å². The van der Waals surface area contributed by atoms with Gasteiger partial charge in [0.2, 0.25) is 0 Å². The van der Waals surface area contributed by atoms with E-state index in [9.17, 15) is 0 Å². The number of nitrogens with two attached hydrogens (primary N) is 1. The molecule has 1 saturated heterocycles. The Kier molecular flexibility index (Phi) is 5.53. The topological polar surface area (TPSA) is 29.3 Å². The first-order chi connectivity index (χ1) is 9.50. The molecule has 1 saturated carbocycles. The predicted molar refractivity (Wildman–Crippen MR) is 87.8 cm³/mol. The Hall–Kier alpha value is -0.0800. The highest BCUT2D eigenvalue weighted by Gasteiger charge is 2.42. The maximum Gasteiger partial charge on any atom is 0.0334 e. The summed E-state index contributed by atoms with van der Waals surface area (Å²) in [6, 6.07) is 0.711. The summed E-state index contributed by atoms with van der Waals surface area (Å²) in [6.07, 6.45) is 9.57. The van der Waals surface area contributed by atoms with E-state index in [1.807, 2.05) is 0 Å². The first-order valence-electron chi connectivity index (χ1n) is 8.97. The molecule has 2 N–H and O–H groups in total. The summed E-state index contributed by atoms with van der Waals surface area (Å²) in [7, 11) is 0. The predicted octanol–water partition coefficient (Wildman–Crippen LogP) is 4.04. The maximum atomic E-state index is 6.33. The molecule has 4 atom stereocenters. The average Bonchev–Trinajstić information content (AvgIpc) is 2.65. The fraction of sp³-hybridized carbons (Fsp3) is 1.00. The lowest BCUT2D eigenvalue weighted by Gasteiger charge is -2.51. The van der Waals surface area contributed by atoms with Crippen molar-refractivity contribution >= 4 is 0 Å². The van der Waals surface area contributed by atoms with Crippen LogP contribution in [0.2, 0.25) is 0 Å². The molecule has 0 aromatic heterocycles. The van der Waals surface area contributed by atoms with Crippen molar-refractivity contribution in [3.05, 3.63) is 0 Å². The lowest BCUT2D eigenvalue weighted by molar-refractivity contribution is -0.00587. The number of rotatable bonds is 3. The number of piperidine rings is 1. The van der Waals surface area contributed by atoms with E-state index >= 15 is 0 Å². The van der Waals surface area contributed by atoms with Crippen molar-refractivity contribution in [2.75, 3.05) is 13.1 Å². The zero-order valence-electron chi connectivity index (χ0n) is 14.2. The largest absolute Gasteiger partial charge is 0.329 e. The van der Waals surface area contributed by atoms with Gasteiger partial charge in [-0.3, -0.25) is 4.90 Å². The highest BCUT2D eigenvalue weighted by molar-refractivity contribution is 4.98. The van der Waals surface area contributed by atoms with Crippen molar-refractivity contribution in [2.24, 2.45) is 23.5 Å². The van der Waals surface area contributed by atoms with Gasteiger partial charge in [0.15, 0.2) is 0 Å². The van der Waals surface area contributed by atoms with Gasteiger partial charge in [-0.15, -0.1) is 0 Å². The molecule has 2 aliphatic rings. The number of likely N-dealkylation sites (tertiary alicyclic amines) is 1. The third-order valence-electron chi connectivity index (χ3n) is 6.50. The van der Waals surface area contributed by atoms with Gasteiger partial charge in [0.05, 0.1) is 0 Å². The second-order valence-corrected chi connectivity index (χ2v) is 7.92. The molecule has 0 bridgehead atoms. The zero-order chi connectivity index (χ0) is 14.8. The fourth-order valence-corrected chi connectivity index (χ4v) is 4.70. The Morgan fingerprint density at radius 2 is 1.85 bits per heavy atom. The van der Waals surface area contributed by atoms with Crippen LogP contribution in [0, 0.1) is 17.8 Å². The smallest absolute Gasteiger partial charge is 0.0334 e. The van der Waals surface area contributed by atoms with Crippen LogP contribution in [-0.4, -0.2) is 29.6 Å². The Bertz CT molecular complexity index is 302. The third kappa shape index (κ3) is 3.22. The summed E-state index contributed by atoms with van der Waals surface area (Å²) >= 11 is 0. The molecular weight excluding hydrogens is 244 g/mol. The molecule has 1 heterocycles. The molecule has 2 nitrogen and oxygen atoms in total. The molecule has 2 rings (SSSR count). The molecule has 0 radical (unpaired) electrons. The first-order valence-corrected chi connectivity index (χ1v) is 8.97. The van der Waals surface area contributed by atoms with Crippen LogP contribution in [0.5, 0.6) is 0 Å². The van der Waals surface area contributed by atoms with Crippen molar-refractivity contribution < 1.29 is 0 Å². The van der Waals surface area contributed by atoms with Gasteiger partial charge < -0.3 is 5.73 Å². The van der Waals surface area contributed by atoms with E-state index < -0.39 is 0 Å². The van der Waals surface area contributed by atoms with E-state index in [0.29, 0.717) is 11.6 Å². The zero-order valence-corrected chi connectivity index (χ0v) is 14.2.